The molecule has 0 amide bonds. The molecular weight excluding hydrogens is 300 g/mol. The van der Waals surface area contributed by atoms with E-state index in [0.29, 0.717) is 0 Å². The summed E-state index contributed by atoms with van der Waals surface area (Å²) >= 11 is 5.00. The molecule has 0 unspecified atom stereocenters. The summed E-state index contributed by atoms with van der Waals surface area (Å²) in [7, 11) is 0. The highest BCUT2D eigenvalue weighted by Gasteiger charge is 2.06. The maximum atomic E-state index is 4.17. The molecule has 0 aromatic carbocycles. The molecule has 2 aromatic rings. The monoisotopic (exact) mass is 312 g/mol. The van der Waals surface area contributed by atoms with Crippen LogP contribution in [-0.4, -0.2) is 21.7 Å². The molecular formula is C11H13BrN4S. The Hall–Kier alpha value is -0.850. The Kier molecular flexibility index (Phi) is 4.58. The number of nitrogens with zero attached hydrogens (tertiary/aromatic N) is 3. The normalized spacial score (nSPS) is 10.7. The Morgan fingerprint density at radius 1 is 1.35 bits per heavy atom. The van der Waals surface area contributed by atoms with Gasteiger partial charge in [-0.3, -0.25) is 4.98 Å². The number of rotatable bonds is 5. The molecule has 0 saturated carbocycles. The Labute approximate surface area is 113 Å². The van der Waals surface area contributed by atoms with E-state index in [4.69, 9.17) is 0 Å². The van der Waals surface area contributed by atoms with Crippen LogP contribution < -0.4 is 5.32 Å². The summed E-state index contributed by atoms with van der Waals surface area (Å²) in [6.07, 6.45) is 4.68. The second-order valence-corrected chi connectivity index (χ2v) is 5.55. The van der Waals surface area contributed by atoms with Gasteiger partial charge < -0.3 is 5.32 Å². The van der Waals surface area contributed by atoms with Crippen LogP contribution in [0.2, 0.25) is 0 Å². The Morgan fingerprint density at radius 3 is 3.00 bits per heavy atom. The highest BCUT2D eigenvalue weighted by Crippen LogP contribution is 2.24. The number of nitrogens with one attached hydrogen (secondary N) is 1. The summed E-state index contributed by atoms with van der Waals surface area (Å²) in [5, 5.41) is 13.6. The first-order valence-corrected chi connectivity index (χ1v) is 7.04. The molecule has 0 radical (unpaired) electrons. The summed E-state index contributed by atoms with van der Waals surface area (Å²) in [6.45, 7) is 3.94. The zero-order valence-corrected chi connectivity index (χ0v) is 11.9. The van der Waals surface area contributed by atoms with Gasteiger partial charge in [-0.2, -0.15) is 0 Å². The number of halogens is 1. The zero-order chi connectivity index (χ0) is 12.1. The smallest absolute Gasteiger partial charge is 0.149 e. The molecule has 2 rings (SSSR count). The summed E-state index contributed by atoms with van der Waals surface area (Å²) < 4.78 is 0.954. The van der Waals surface area contributed by atoms with Gasteiger partial charge >= 0.3 is 0 Å². The predicted molar refractivity (Wildman–Crippen MR) is 72.8 cm³/mol. The Bertz CT molecular complexity index is 486. The highest BCUT2D eigenvalue weighted by atomic mass is 79.9. The van der Waals surface area contributed by atoms with Crippen LogP contribution in [-0.2, 0) is 6.54 Å². The number of pyridine rings is 1. The third kappa shape index (κ3) is 3.55. The predicted octanol–water partition coefficient (Wildman–Crippen LogP) is 2.86. The van der Waals surface area contributed by atoms with Gasteiger partial charge in [0.25, 0.3) is 0 Å². The van der Waals surface area contributed by atoms with E-state index in [9.17, 15) is 0 Å². The first-order valence-electron chi connectivity index (χ1n) is 5.43. The first kappa shape index (κ1) is 12.6. The van der Waals surface area contributed by atoms with Crippen molar-refractivity contribution < 1.29 is 0 Å². The number of hydrogen-bond acceptors (Lipinski definition) is 5. The number of hydrogen-bond donors (Lipinski definition) is 1. The molecule has 0 atom stereocenters. The lowest BCUT2D eigenvalue weighted by atomic mass is 10.3. The van der Waals surface area contributed by atoms with Crippen molar-refractivity contribution in [3.63, 3.8) is 0 Å². The highest BCUT2D eigenvalue weighted by molar-refractivity contribution is 9.10. The lowest BCUT2D eigenvalue weighted by Crippen LogP contribution is -2.13. The molecule has 0 fully saturated rings. The zero-order valence-electron chi connectivity index (χ0n) is 9.48. The van der Waals surface area contributed by atoms with Crippen molar-refractivity contribution in [1.82, 2.24) is 20.5 Å². The van der Waals surface area contributed by atoms with Crippen molar-refractivity contribution in [2.24, 2.45) is 0 Å². The van der Waals surface area contributed by atoms with Gasteiger partial charge in [0.1, 0.15) is 10.0 Å². The summed E-state index contributed by atoms with van der Waals surface area (Å²) in [4.78, 5) is 4.12. The largest absolute Gasteiger partial charge is 0.310 e. The third-order valence-corrected chi connectivity index (χ3v) is 3.53. The van der Waals surface area contributed by atoms with E-state index >= 15 is 0 Å². The molecule has 0 spiro atoms. The first-order chi connectivity index (χ1) is 8.29. The third-order valence-electron chi connectivity index (χ3n) is 2.12. The van der Waals surface area contributed by atoms with Crippen LogP contribution in [0.3, 0.4) is 0 Å². The van der Waals surface area contributed by atoms with Crippen molar-refractivity contribution in [3.8, 4) is 10.6 Å². The van der Waals surface area contributed by atoms with Crippen LogP contribution in [0.25, 0.3) is 10.6 Å². The summed E-state index contributed by atoms with van der Waals surface area (Å²) in [6, 6.07) is 2.00. The molecule has 4 nitrogen and oxygen atoms in total. The van der Waals surface area contributed by atoms with E-state index in [0.717, 1.165) is 39.6 Å². The average Bonchev–Trinajstić information content (AvgIpc) is 2.78. The lowest BCUT2D eigenvalue weighted by molar-refractivity contribution is 0.668. The molecule has 0 aliphatic rings. The van der Waals surface area contributed by atoms with Crippen LogP contribution in [0.1, 0.15) is 18.4 Å². The van der Waals surface area contributed by atoms with Crippen molar-refractivity contribution in [1.29, 1.82) is 0 Å². The van der Waals surface area contributed by atoms with Gasteiger partial charge in [-0.05, 0) is 35.0 Å². The van der Waals surface area contributed by atoms with Crippen LogP contribution in [0.15, 0.2) is 22.9 Å². The van der Waals surface area contributed by atoms with E-state index in [1.54, 1.807) is 23.7 Å². The molecule has 17 heavy (non-hydrogen) atoms. The van der Waals surface area contributed by atoms with Crippen molar-refractivity contribution in [3.05, 3.63) is 27.9 Å². The van der Waals surface area contributed by atoms with E-state index < -0.39 is 0 Å². The molecule has 1 N–H and O–H groups in total. The van der Waals surface area contributed by atoms with E-state index in [1.165, 1.54) is 0 Å². The van der Waals surface area contributed by atoms with Crippen LogP contribution in [0.5, 0.6) is 0 Å². The van der Waals surface area contributed by atoms with Gasteiger partial charge in [0.2, 0.25) is 0 Å². The van der Waals surface area contributed by atoms with Crippen LogP contribution >= 0.6 is 27.3 Å². The van der Waals surface area contributed by atoms with Crippen molar-refractivity contribution in [2.75, 3.05) is 6.54 Å². The standard InChI is InChI=1S/C11H13BrN4S/c1-2-3-13-7-10-15-16-11(17-10)8-4-9(12)6-14-5-8/h4-6,13H,2-3,7H2,1H3. The van der Waals surface area contributed by atoms with Gasteiger partial charge in [0, 0.05) is 29.0 Å². The Balaban J connectivity index is 2.07. The van der Waals surface area contributed by atoms with Gasteiger partial charge in [0.15, 0.2) is 0 Å². The summed E-state index contributed by atoms with van der Waals surface area (Å²) in [5.74, 6) is 0. The minimum atomic E-state index is 0.785. The second kappa shape index (κ2) is 6.18. The molecule has 0 saturated heterocycles. The van der Waals surface area contributed by atoms with Gasteiger partial charge in [-0.25, -0.2) is 0 Å². The molecule has 2 heterocycles. The molecule has 2 aromatic heterocycles. The van der Waals surface area contributed by atoms with Gasteiger partial charge in [0.05, 0.1) is 0 Å². The minimum Gasteiger partial charge on any atom is -0.310 e. The van der Waals surface area contributed by atoms with Crippen molar-refractivity contribution in [2.45, 2.75) is 19.9 Å². The topological polar surface area (TPSA) is 50.7 Å². The maximum Gasteiger partial charge on any atom is 0.149 e. The molecule has 0 aliphatic carbocycles. The van der Waals surface area contributed by atoms with E-state index in [1.807, 2.05) is 6.07 Å². The molecule has 6 heteroatoms. The van der Waals surface area contributed by atoms with Gasteiger partial charge in [-0.1, -0.05) is 18.3 Å². The van der Waals surface area contributed by atoms with E-state index in [-0.39, 0.29) is 0 Å². The Morgan fingerprint density at radius 2 is 2.24 bits per heavy atom. The fourth-order valence-electron chi connectivity index (χ4n) is 1.34. The molecule has 0 aliphatic heterocycles. The van der Waals surface area contributed by atoms with Crippen LogP contribution in [0.4, 0.5) is 0 Å². The minimum absolute atomic E-state index is 0.785. The van der Waals surface area contributed by atoms with Gasteiger partial charge in [-0.15, -0.1) is 10.2 Å². The maximum absolute atomic E-state index is 4.17. The molecule has 90 valence electrons. The van der Waals surface area contributed by atoms with Crippen molar-refractivity contribution >= 4 is 27.3 Å². The molecule has 0 bridgehead atoms. The summed E-state index contributed by atoms with van der Waals surface area (Å²) in [5.41, 5.74) is 0.999. The fraction of sp³-hybridized carbons (Fsp3) is 0.364. The van der Waals surface area contributed by atoms with Crippen LogP contribution in [0, 0.1) is 0 Å². The second-order valence-electron chi connectivity index (χ2n) is 3.57. The quantitative estimate of drug-likeness (QED) is 0.863. The average molecular weight is 313 g/mol. The lowest BCUT2D eigenvalue weighted by Gasteiger charge is -1.97. The number of aromatic nitrogens is 3. The van der Waals surface area contributed by atoms with E-state index in [2.05, 4.69) is 43.4 Å². The SMILES string of the molecule is CCCNCc1nnc(-c2cncc(Br)c2)s1. The fourth-order valence-corrected chi connectivity index (χ4v) is 2.50.